The Kier molecular flexibility index (Phi) is 1.95. The van der Waals surface area contributed by atoms with Gasteiger partial charge in [-0.05, 0) is 12.2 Å². The Bertz CT molecular complexity index is 431. The molecule has 5 nitrogen and oxygen atoms in total. The number of Topliss-reactive ketones (excluding diaryl/α,β-unsaturated/α-hetero) is 3. The van der Waals surface area contributed by atoms with Crippen LogP contribution in [0.25, 0.3) is 0 Å². The highest BCUT2D eigenvalue weighted by atomic mass is 16.6. The van der Waals surface area contributed by atoms with E-state index in [1.807, 2.05) is 0 Å². The standard InChI is InChI=1S/C10H8O5/c1-15-10(14)3-2-5-6(4-10)8(12)9(13)7(5)11/h2-5,14H,1H3. The van der Waals surface area contributed by atoms with Gasteiger partial charge in [0.25, 0.3) is 5.78 Å². The van der Waals surface area contributed by atoms with Gasteiger partial charge in [-0.2, -0.15) is 0 Å². The molecule has 0 amide bonds. The fourth-order valence-corrected chi connectivity index (χ4v) is 1.65. The first-order valence-electron chi connectivity index (χ1n) is 4.31. The zero-order valence-electron chi connectivity index (χ0n) is 7.89. The smallest absolute Gasteiger partial charge is 0.269 e. The third kappa shape index (κ3) is 1.28. The molecule has 78 valence electrons. The summed E-state index contributed by atoms with van der Waals surface area (Å²) >= 11 is 0. The van der Waals surface area contributed by atoms with Crippen molar-refractivity contribution in [2.75, 3.05) is 7.11 Å². The van der Waals surface area contributed by atoms with Crippen molar-refractivity contribution in [2.45, 2.75) is 5.79 Å². The summed E-state index contributed by atoms with van der Waals surface area (Å²) in [6, 6.07) is 0. The van der Waals surface area contributed by atoms with Crippen LogP contribution in [-0.2, 0) is 19.1 Å². The van der Waals surface area contributed by atoms with Crippen LogP contribution in [-0.4, -0.2) is 35.4 Å². The molecular weight excluding hydrogens is 200 g/mol. The Hall–Kier alpha value is -1.59. The van der Waals surface area contributed by atoms with E-state index >= 15 is 0 Å². The van der Waals surface area contributed by atoms with Crippen molar-refractivity contribution in [3.8, 4) is 0 Å². The summed E-state index contributed by atoms with van der Waals surface area (Å²) in [5, 5.41) is 9.66. The van der Waals surface area contributed by atoms with E-state index in [-0.39, 0.29) is 5.57 Å². The van der Waals surface area contributed by atoms with Crippen LogP contribution < -0.4 is 0 Å². The van der Waals surface area contributed by atoms with E-state index in [4.69, 9.17) is 4.74 Å². The van der Waals surface area contributed by atoms with Gasteiger partial charge in [0.05, 0.1) is 5.92 Å². The molecule has 1 N–H and O–H groups in total. The zero-order valence-corrected chi connectivity index (χ0v) is 7.89. The van der Waals surface area contributed by atoms with Crippen molar-refractivity contribution in [1.82, 2.24) is 0 Å². The molecule has 0 saturated heterocycles. The molecule has 2 unspecified atom stereocenters. The molecule has 2 aliphatic carbocycles. The predicted molar refractivity (Wildman–Crippen MR) is 47.7 cm³/mol. The number of rotatable bonds is 1. The maximum Gasteiger partial charge on any atom is 0.269 e. The van der Waals surface area contributed by atoms with Gasteiger partial charge in [0.2, 0.25) is 17.4 Å². The Morgan fingerprint density at radius 2 is 2.00 bits per heavy atom. The molecule has 0 spiro atoms. The summed E-state index contributed by atoms with van der Waals surface area (Å²) in [6.07, 6.45) is 3.65. The number of ketones is 3. The molecule has 0 heterocycles. The second kappa shape index (κ2) is 2.95. The highest BCUT2D eigenvalue weighted by molar-refractivity contribution is 6.72. The van der Waals surface area contributed by atoms with Gasteiger partial charge in [-0.1, -0.05) is 6.08 Å². The van der Waals surface area contributed by atoms with Gasteiger partial charge in [0.1, 0.15) is 0 Å². The zero-order chi connectivity index (χ0) is 11.2. The van der Waals surface area contributed by atoms with Gasteiger partial charge in [-0.25, -0.2) is 0 Å². The highest BCUT2D eigenvalue weighted by Gasteiger charge is 2.46. The summed E-state index contributed by atoms with van der Waals surface area (Å²) in [5.74, 6) is -5.19. The van der Waals surface area contributed by atoms with E-state index in [9.17, 15) is 19.5 Å². The lowest BCUT2D eigenvalue weighted by atomic mass is 9.93. The van der Waals surface area contributed by atoms with Crippen LogP contribution in [0.4, 0.5) is 0 Å². The lowest BCUT2D eigenvalue weighted by Gasteiger charge is -2.23. The predicted octanol–water partition coefficient (Wildman–Crippen LogP) is -0.845. The van der Waals surface area contributed by atoms with Gasteiger partial charge in [0, 0.05) is 12.7 Å². The number of carbonyl (C=O) groups is 3. The second-order valence-corrected chi connectivity index (χ2v) is 3.41. The first-order valence-corrected chi connectivity index (χ1v) is 4.31. The molecule has 0 bridgehead atoms. The Labute approximate surface area is 85.0 Å². The summed E-state index contributed by atoms with van der Waals surface area (Å²) in [5.41, 5.74) is -0.00292. The average Bonchev–Trinajstić information content (AvgIpc) is 2.44. The Balaban J connectivity index is 2.49. The Morgan fingerprint density at radius 3 is 2.60 bits per heavy atom. The molecule has 0 aromatic carbocycles. The summed E-state index contributed by atoms with van der Waals surface area (Å²) < 4.78 is 4.72. The maximum atomic E-state index is 11.3. The third-order valence-corrected chi connectivity index (χ3v) is 2.53. The Morgan fingerprint density at radius 1 is 1.33 bits per heavy atom. The molecule has 0 aromatic heterocycles. The average molecular weight is 208 g/mol. The fraction of sp³-hybridized carbons (Fsp3) is 0.300. The molecule has 5 heteroatoms. The highest BCUT2D eigenvalue weighted by Crippen LogP contribution is 2.31. The van der Waals surface area contributed by atoms with Crippen LogP contribution in [0.3, 0.4) is 0 Å². The minimum absolute atomic E-state index is 0.00292. The van der Waals surface area contributed by atoms with Crippen LogP contribution in [0.15, 0.2) is 23.8 Å². The lowest BCUT2D eigenvalue weighted by molar-refractivity contribution is -0.140. The van der Waals surface area contributed by atoms with Crippen LogP contribution in [0.1, 0.15) is 0 Å². The first-order chi connectivity index (χ1) is 6.98. The van der Waals surface area contributed by atoms with E-state index in [0.29, 0.717) is 0 Å². The van der Waals surface area contributed by atoms with Gasteiger partial charge in [-0.3, -0.25) is 14.4 Å². The van der Waals surface area contributed by atoms with E-state index in [0.717, 1.165) is 6.08 Å². The van der Waals surface area contributed by atoms with Crippen molar-refractivity contribution in [3.05, 3.63) is 23.8 Å². The number of fused-ring (bicyclic) bond motifs is 1. The SMILES string of the molecule is COC1(O)C=CC2C(=O)C(=O)C(=O)C2=C1. The topological polar surface area (TPSA) is 80.7 Å². The van der Waals surface area contributed by atoms with Crippen molar-refractivity contribution in [1.29, 1.82) is 0 Å². The van der Waals surface area contributed by atoms with Gasteiger partial charge >= 0.3 is 0 Å². The van der Waals surface area contributed by atoms with Crippen molar-refractivity contribution in [3.63, 3.8) is 0 Å². The van der Waals surface area contributed by atoms with Crippen LogP contribution in [0, 0.1) is 5.92 Å². The maximum absolute atomic E-state index is 11.3. The largest absolute Gasteiger partial charge is 0.359 e. The molecule has 2 aliphatic rings. The van der Waals surface area contributed by atoms with Crippen LogP contribution in [0.5, 0.6) is 0 Å². The van der Waals surface area contributed by atoms with E-state index in [2.05, 4.69) is 0 Å². The molecule has 2 rings (SSSR count). The molecule has 1 fully saturated rings. The van der Waals surface area contributed by atoms with E-state index < -0.39 is 29.1 Å². The van der Waals surface area contributed by atoms with Crippen molar-refractivity contribution in [2.24, 2.45) is 5.92 Å². The molecule has 0 radical (unpaired) electrons. The fourth-order valence-electron chi connectivity index (χ4n) is 1.65. The van der Waals surface area contributed by atoms with Gasteiger partial charge < -0.3 is 9.84 Å². The minimum Gasteiger partial charge on any atom is -0.359 e. The molecule has 1 saturated carbocycles. The molecule has 15 heavy (non-hydrogen) atoms. The van der Waals surface area contributed by atoms with Crippen LogP contribution >= 0.6 is 0 Å². The minimum atomic E-state index is -1.70. The molecule has 0 aromatic rings. The van der Waals surface area contributed by atoms with Gasteiger partial charge in [-0.15, -0.1) is 0 Å². The quantitative estimate of drug-likeness (QED) is 0.345. The summed E-state index contributed by atoms with van der Waals surface area (Å²) in [6.45, 7) is 0. The molecular formula is C10H8O5. The van der Waals surface area contributed by atoms with Crippen molar-refractivity contribution < 1.29 is 24.2 Å². The number of allylic oxidation sites excluding steroid dienone is 2. The molecule has 2 atom stereocenters. The monoisotopic (exact) mass is 208 g/mol. The van der Waals surface area contributed by atoms with Gasteiger partial charge in [0.15, 0.2) is 0 Å². The van der Waals surface area contributed by atoms with Crippen molar-refractivity contribution >= 4 is 17.3 Å². The van der Waals surface area contributed by atoms with Crippen LogP contribution in [0.2, 0.25) is 0 Å². The number of hydrogen-bond acceptors (Lipinski definition) is 5. The number of hydrogen-bond donors (Lipinski definition) is 1. The second-order valence-electron chi connectivity index (χ2n) is 3.41. The number of aliphatic hydroxyl groups is 1. The number of carbonyl (C=O) groups excluding carboxylic acids is 3. The van der Waals surface area contributed by atoms with E-state index in [1.165, 1.54) is 19.3 Å². The normalized spacial score (nSPS) is 34.4. The van der Waals surface area contributed by atoms with E-state index in [1.54, 1.807) is 0 Å². The lowest BCUT2D eigenvalue weighted by Crippen LogP contribution is -2.30. The number of methoxy groups -OCH3 is 1. The summed E-state index contributed by atoms with van der Waals surface area (Å²) in [7, 11) is 1.25. The number of ether oxygens (including phenoxy) is 1. The first kappa shape index (κ1) is 9.95. The molecule has 0 aliphatic heterocycles. The summed E-state index contributed by atoms with van der Waals surface area (Å²) in [4.78, 5) is 33.7. The third-order valence-electron chi connectivity index (χ3n) is 2.53.